The Morgan fingerprint density at radius 1 is 0.724 bits per heavy atom. The van der Waals surface area contributed by atoms with Gasteiger partial charge in [-0.3, -0.25) is 24.0 Å². The Kier molecular flexibility index (Phi) is 25.4. The van der Waals surface area contributed by atoms with Crippen molar-refractivity contribution in [2.45, 2.75) is 221 Å². The zero-order valence-corrected chi connectivity index (χ0v) is 39.0. The zero-order valence-electron chi connectivity index (χ0n) is 39.0. The topological polar surface area (TPSA) is 198 Å². The number of nitrogens with two attached hydrogens (primary N) is 1. The third-order valence-corrected chi connectivity index (χ3v) is 11.0. The highest BCUT2D eigenvalue weighted by atomic mass is 16.5. The second-order valence-corrected chi connectivity index (χ2v) is 19.5. The quantitative estimate of drug-likeness (QED) is 0.0369. The lowest BCUT2D eigenvalue weighted by atomic mass is 9.79. The Balaban J connectivity index is 4.56. The van der Waals surface area contributed by atoms with E-state index in [-0.39, 0.29) is 35.6 Å². The standard InChI is InChI=1S/C45H87N5O8/c1-14-16-17-19-24-45(13,23-15-2)49-36(34(4)51)21-18-20-27-47-37(52)22-25-43(9,10)57-29-26-44(11,12)58-30-28-48-40(56)41(5,6)32-42(7,8)50-38(53)35(46)31-33(3)39(54)55/h33,35-36,49H,14-32,46H2,1-13H3,(H,47,52)(H,48,56)(H,50,53)(H,54,55)/t33?,35?,36-,45?/m0/s1. The molecule has 0 saturated carbocycles. The zero-order chi connectivity index (χ0) is 44.8. The number of unbranched alkanes of at least 4 members (excludes halogenated alkanes) is 4. The molecule has 0 aliphatic carbocycles. The molecule has 0 rings (SSSR count). The molecule has 13 nitrogen and oxygen atoms in total. The van der Waals surface area contributed by atoms with E-state index in [0.717, 1.165) is 38.5 Å². The number of carbonyl (C=O) groups excluding carboxylic acids is 4. The highest BCUT2D eigenvalue weighted by molar-refractivity contribution is 5.84. The monoisotopic (exact) mass is 826 g/mol. The summed E-state index contributed by atoms with van der Waals surface area (Å²) in [7, 11) is 0. The van der Waals surface area contributed by atoms with E-state index in [1.165, 1.54) is 32.6 Å². The number of hydrogen-bond acceptors (Lipinski definition) is 9. The average molecular weight is 826 g/mol. The number of nitrogens with one attached hydrogen (secondary N) is 4. The van der Waals surface area contributed by atoms with Crippen LogP contribution < -0.4 is 27.0 Å². The van der Waals surface area contributed by atoms with Crippen molar-refractivity contribution in [1.82, 2.24) is 21.3 Å². The number of ketones is 1. The Morgan fingerprint density at radius 3 is 1.93 bits per heavy atom. The number of carbonyl (C=O) groups is 5. The normalized spacial score (nSPS) is 15.2. The molecule has 0 aliphatic heterocycles. The first-order chi connectivity index (χ1) is 26.7. The van der Waals surface area contributed by atoms with Gasteiger partial charge in [0, 0.05) is 36.0 Å². The molecular formula is C45H87N5O8. The molecule has 0 aromatic heterocycles. The second kappa shape index (κ2) is 26.6. The third kappa shape index (κ3) is 25.1. The van der Waals surface area contributed by atoms with Crippen molar-refractivity contribution in [3.8, 4) is 0 Å². The fourth-order valence-electron chi connectivity index (χ4n) is 7.46. The molecule has 7 N–H and O–H groups in total. The number of amides is 3. The molecule has 0 aliphatic rings. The first kappa shape index (κ1) is 55.4. The largest absolute Gasteiger partial charge is 0.481 e. The number of carboxylic acids is 1. The number of Topliss-reactive ketones (excluding diaryl/α,β-unsaturated/α-hetero) is 1. The van der Waals surface area contributed by atoms with E-state index in [4.69, 9.17) is 20.3 Å². The van der Waals surface area contributed by atoms with Crippen LogP contribution in [0, 0.1) is 11.3 Å². The predicted octanol–water partition coefficient (Wildman–Crippen LogP) is 6.98. The minimum Gasteiger partial charge on any atom is -0.481 e. The van der Waals surface area contributed by atoms with Crippen LogP contribution in [0.3, 0.4) is 0 Å². The number of rotatable bonds is 34. The van der Waals surface area contributed by atoms with Gasteiger partial charge >= 0.3 is 5.97 Å². The van der Waals surface area contributed by atoms with Crippen LogP contribution in [0.25, 0.3) is 0 Å². The lowest BCUT2D eigenvalue weighted by Crippen LogP contribution is -2.54. The maximum absolute atomic E-state index is 13.1. The van der Waals surface area contributed by atoms with Gasteiger partial charge in [0.05, 0.1) is 42.4 Å². The number of hydrogen-bond donors (Lipinski definition) is 6. The summed E-state index contributed by atoms with van der Waals surface area (Å²) in [6.45, 7) is 26.7. The van der Waals surface area contributed by atoms with Gasteiger partial charge in [0.25, 0.3) is 0 Å². The molecule has 13 heteroatoms. The van der Waals surface area contributed by atoms with E-state index in [2.05, 4.69) is 42.0 Å². The van der Waals surface area contributed by atoms with Crippen molar-refractivity contribution in [2.75, 3.05) is 26.3 Å². The molecule has 3 unspecified atom stereocenters. The Labute approximate surface area is 352 Å². The second-order valence-electron chi connectivity index (χ2n) is 19.5. The van der Waals surface area contributed by atoms with Gasteiger partial charge in [0.2, 0.25) is 17.7 Å². The molecule has 0 heterocycles. The van der Waals surface area contributed by atoms with E-state index < -0.39 is 46.0 Å². The van der Waals surface area contributed by atoms with E-state index in [1.807, 2.05) is 41.5 Å². The number of aliphatic carboxylic acids is 1. The fraction of sp³-hybridized carbons (Fsp3) is 0.889. The van der Waals surface area contributed by atoms with Gasteiger partial charge < -0.3 is 41.6 Å². The van der Waals surface area contributed by atoms with E-state index in [0.29, 0.717) is 52.0 Å². The third-order valence-electron chi connectivity index (χ3n) is 11.0. The van der Waals surface area contributed by atoms with Gasteiger partial charge in [0.1, 0.15) is 5.78 Å². The van der Waals surface area contributed by atoms with Crippen molar-refractivity contribution in [1.29, 1.82) is 0 Å². The maximum atomic E-state index is 13.1. The molecule has 3 amide bonds. The fourth-order valence-corrected chi connectivity index (χ4v) is 7.46. The summed E-state index contributed by atoms with van der Waals surface area (Å²) in [4.78, 5) is 62.1. The minimum atomic E-state index is -1.01. The first-order valence-electron chi connectivity index (χ1n) is 22.1. The van der Waals surface area contributed by atoms with E-state index >= 15 is 0 Å². The highest BCUT2D eigenvalue weighted by Crippen LogP contribution is 2.29. The van der Waals surface area contributed by atoms with Crippen LogP contribution in [0.2, 0.25) is 0 Å². The molecule has 340 valence electrons. The number of carboxylic acid groups (broad SMARTS) is 1. The van der Waals surface area contributed by atoms with Crippen LogP contribution in [0.1, 0.15) is 186 Å². The molecule has 0 saturated heterocycles. The molecule has 0 spiro atoms. The summed E-state index contributed by atoms with van der Waals surface area (Å²) in [5, 5.41) is 21.7. The smallest absolute Gasteiger partial charge is 0.306 e. The summed E-state index contributed by atoms with van der Waals surface area (Å²) in [6, 6.07) is -1.13. The minimum absolute atomic E-state index is 0.00503. The Bertz CT molecular complexity index is 1250. The Hall–Kier alpha value is -2.61. The maximum Gasteiger partial charge on any atom is 0.306 e. The van der Waals surface area contributed by atoms with Crippen LogP contribution in [0.4, 0.5) is 0 Å². The summed E-state index contributed by atoms with van der Waals surface area (Å²) in [6.07, 6.45) is 12.4. The molecular weight excluding hydrogens is 739 g/mol. The van der Waals surface area contributed by atoms with E-state index in [9.17, 15) is 24.0 Å². The first-order valence-corrected chi connectivity index (χ1v) is 22.1. The van der Waals surface area contributed by atoms with Gasteiger partial charge in [-0.1, -0.05) is 66.7 Å². The van der Waals surface area contributed by atoms with Crippen LogP contribution in [0.15, 0.2) is 0 Å². The molecule has 0 radical (unpaired) electrons. The number of ether oxygens (including phenoxy) is 2. The van der Waals surface area contributed by atoms with Crippen molar-refractivity contribution in [2.24, 2.45) is 17.1 Å². The summed E-state index contributed by atoms with van der Waals surface area (Å²) >= 11 is 0. The SMILES string of the molecule is CCCCCCC(C)(CCC)N[C@@H](CCCCNC(=O)CCC(C)(C)OCCC(C)(C)OCCNC(=O)C(C)(C)CC(C)(C)NC(=O)C(N)CC(C)C(=O)O)C(C)=O. The van der Waals surface area contributed by atoms with Crippen molar-refractivity contribution in [3.63, 3.8) is 0 Å². The lowest BCUT2D eigenvalue weighted by molar-refractivity contribution is -0.141. The molecule has 58 heavy (non-hydrogen) atoms. The Morgan fingerprint density at radius 2 is 1.34 bits per heavy atom. The van der Waals surface area contributed by atoms with Crippen molar-refractivity contribution < 1.29 is 38.6 Å². The predicted molar refractivity (Wildman–Crippen MR) is 233 cm³/mol. The van der Waals surface area contributed by atoms with Gasteiger partial charge in [-0.05, 0) is 113 Å². The molecule has 0 aromatic rings. The van der Waals surface area contributed by atoms with Crippen LogP contribution >= 0.6 is 0 Å². The molecule has 0 bridgehead atoms. The van der Waals surface area contributed by atoms with Gasteiger partial charge in [-0.15, -0.1) is 0 Å². The average Bonchev–Trinajstić information content (AvgIpc) is 3.09. The van der Waals surface area contributed by atoms with Gasteiger partial charge in [-0.25, -0.2) is 0 Å². The van der Waals surface area contributed by atoms with Gasteiger partial charge in [-0.2, -0.15) is 0 Å². The highest BCUT2D eigenvalue weighted by Gasteiger charge is 2.37. The summed E-state index contributed by atoms with van der Waals surface area (Å²) in [5.74, 6) is -2.21. The molecule has 0 aromatic carbocycles. The van der Waals surface area contributed by atoms with Crippen molar-refractivity contribution >= 4 is 29.5 Å². The van der Waals surface area contributed by atoms with Crippen LogP contribution in [-0.4, -0.2) is 95.2 Å². The van der Waals surface area contributed by atoms with Gasteiger partial charge in [0.15, 0.2) is 0 Å². The lowest BCUT2D eigenvalue weighted by Gasteiger charge is -2.35. The van der Waals surface area contributed by atoms with E-state index in [1.54, 1.807) is 20.8 Å². The molecule has 0 fully saturated rings. The summed E-state index contributed by atoms with van der Waals surface area (Å²) < 4.78 is 12.3. The van der Waals surface area contributed by atoms with Crippen molar-refractivity contribution in [3.05, 3.63) is 0 Å². The molecule has 4 atom stereocenters. The van der Waals surface area contributed by atoms with Crippen LogP contribution in [-0.2, 0) is 33.4 Å². The van der Waals surface area contributed by atoms with Crippen LogP contribution in [0.5, 0.6) is 0 Å². The summed E-state index contributed by atoms with van der Waals surface area (Å²) in [5.41, 5.74) is 3.33.